The Bertz CT molecular complexity index is 717. The molecule has 1 aliphatic carbocycles. The van der Waals surface area contributed by atoms with E-state index in [1.54, 1.807) is 6.33 Å². The topological polar surface area (TPSA) is 47.0 Å². The van der Waals surface area contributed by atoms with Crippen LogP contribution in [0.25, 0.3) is 11.3 Å². The summed E-state index contributed by atoms with van der Waals surface area (Å²) < 4.78 is 5.79. The minimum absolute atomic E-state index is 0.319. The Balaban J connectivity index is 1.58. The first-order valence-corrected chi connectivity index (χ1v) is 8.61. The first kappa shape index (κ1) is 14.9. The fourth-order valence-corrected chi connectivity index (χ4v) is 3.23. The fourth-order valence-electron chi connectivity index (χ4n) is 3.00. The maximum absolute atomic E-state index is 6.36. The van der Waals surface area contributed by atoms with E-state index in [0.29, 0.717) is 23.2 Å². The third-order valence-corrected chi connectivity index (χ3v) is 4.76. The molecule has 2 unspecified atom stereocenters. The van der Waals surface area contributed by atoms with Crippen molar-refractivity contribution in [1.82, 2.24) is 15.3 Å². The van der Waals surface area contributed by atoms with E-state index in [2.05, 4.69) is 28.3 Å². The second kappa shape index (κ2) is 6.10. The van der Waals surface area contributed by atoms with Gasteiger partial charge in [-0.25, -0.2) is 9.97 Å². The van der Waals surface area contributed by atoms with Crippen LogP contribution < -0.4 is 10.1 Å². The number of halogens is 1. The van der Waals surface area contributed by atoms with Crippen LogP contribution in [0, 0.1) is 0 Å². The van der Waals surface area contributed by atoms with Gasteiger partial charge in [0.1, 0.15) is 12.1 Å². The Hall–Kier alpha value is -1.65. The van der Waals surface area contributed by atoms with Crippen LogP contribution in [0.1, 0.15) is 44.3 Å². The second-order valence-electron chi connectivity index (χ2n) is 6.49. The van der Waals surface area contributed by atoms with Gasteiger partial charge in [-0.05, 0) is 56.9 Å². The van der Waals surface area contributed by atoms with Crippen LogP contribution >= 0.6 is 11.6 Å². The molecule has 2 aliphatic rings. The predicted molar refractivity (Wildman–Crippen MR) is 90.7 cm³/mol. The van der Waals surface area contributed by atoms with E-state index >= 15 is 0 Å². The first-order valence-electron chi connectivity index (χ1n) is 8.23. The number of hydrogen-bond donors (Lipinski definition) is 1. The lowest BCUT2D eigenvalue weighted by atomic mass is 10.1. The lowest BCUT2D eigenvalue weighted by molar-refractivity contribution is 0.303. The molecule has 4 nitrogen and oxygen atoms in total. The van der Waals surface area contributed by atoms with Crippen LogP contribution in [0.2, 0.25) is 5.02 Å². The summed E-state index contributed by atoms with van der Waals surface area (Å²) in [6, 6.07) is 8.80. The molecule has 120 valence electrons. The molecule has 2 aromatic rings. The lowest BCUT2D eigenvalue weighted by Gasteiger charge is -2.12. The zero-order valence-electron chi connectivity index (χ0n) is 13.1. The van der Waals surface area contributed by atoms with Crippen LogP contribution in [-0.4, -0.2) is 22.1 Å². The summed E-state index contributed by atoms with van der Waals surface area (Å²) in [4.78, 5) is 8.84. The minimum atomic E-state index is 0.319. The summed E-state index contributed by atoms with van der Waals surface area (Å²) in [5.74, 6) is 0.762. The fraction of sp³-hybridized carbons (Fsp3) is 0.444. The van der Waals surface area contributed by atoms with Crippen molar-refractivity contribution >= 4 is 11.6 Å². The van der Waals surface area contributed by atoms with Gasteiger partial charge in [-0.3, -0.25) is 0 Å². The van der Waals surface area contributed by atoms with E-state index in [1.165, 1.54) is 6.42 Å². The zero-order chi connectivity index (χ0) is 15.8. The van der Waals surface area contributed by atoms with E-state index in [1.807, 2.05) is 18.2 Å². The van der Waals surface area contributed by atoms with Gasteiger partial charge in [0, 0.05) is 17.6 Å². The van der Waals surface area contributed by atoms with Gasteiger partial charge in [0.2, 0.25) is 0 Å². The van der Waals surface area contributed by atoms with Crippen molar-refractivity contribution in [3.05, 3.63) is 41.3 Å². The van der Waals surface area contributed by atoms with Gasteiger partial charge in [0.15, 0.2) is 0 Å². The molecule has 0 spiro atoms. The van der Waals surface area contributed by atoms with Crippen LogP contribution in [0.3, 0.4) is 0 Å². The highest BCUT2D eigenvalue weighted by atomic mass is 35.5. The SMILES string of the molecule is CC1CCC(c2cc(-c3ccc(OC4CC4)c(Cl)c3)ncn2)N1. The van der Waals surface area contributed by atoms with Gasteiger partial charge in [-0.1, -0.05) is 11.6 Å². The zero-order valence-corrected chi connectivity index (χ0v) is 13.9. The standard InChI is InChI=1S/C18H20ClN3O/c1-11-2-6-15(22-11)17-9-16(20-10-21-17)12-3-7-18(14(19)8-12)23-13-4-5-13/h3,7-11,13,15,22H,2,4-6H2,1H3. The Morgan fingerprint density at radius 2 is 2.00 bits per heavy atom. The molecule has 2 heterocycles. The number of hydrogen-bond acceptors (Lipinski definition) is 4. The first-order chi connectivity index (χ1) is 11.2. The molecule has 1 saturated heterocycles. The van der Waals surface area contributed by atoms with Gasteiger partial charge in [-0.15, -0.1) is 0 Å². The van der Waals surface area contributed by atoms with Gasteiger partial charge in [0.05, 0.1) is 22.5 Å². The molecule has 2 fully saturated rings. The summed E-state index contributed by atoms with van der Waals surface area (Å²) in [7, 11) is 0. The molecule has 1 aromatic carbocycles. The average molecular weight is 330 g/mol. The van der Waals surface area contributed by atoms with Crippen molar-refractivity contribution in [3.63, 3.8) is 0 Å². The molecular weight excluding hydrogens is 310 g/mol. The lowest BCUT2D eigenvalue weighted by Crippen LogP contribution is -2.21. The highest BCUT2D eigenvalue weighted by Gasteiger charge is 2.25. The second-order valence-corrected chi connectivity index (χ2v) is 6.90. The molecule has 0 bridgehead atoms. The smallest absolute Gasteiger partial charge is 0.138 e. The molecule has 23 heavy (non-hydrogen) atoms. The molecule has 0 amide bonds. The Morgan fingerprint density at radius 3 is 2.70 bits per heavy atom. The molecule has 1 N–H and O–H groups in total. The Labute approximate surface area is 141 Å². The number of aromatic nitrogens is 2. The maximum Gasteiger partial charge on any atom is 0.138 e. The molecule has 5 heteroatoms. The molecule has 0 radical (unpaired) electrons. The van der Waals surface area contributed by atoms with Crippen LogP contribution in [0.15, 0.2) is 30.6 Å². The van der Waals surface area contributed by atoms with E-state index in [0.717, 1.165) is 42.0 Å². The average Bonchev–Trinajstić information content (AvgIpc) is 3.28. The van der Waals surface area contributed by atoms with E-state index < -0.39 is 0 Å². The number of rotatable bonds is 4. The van der Waals surface area contributed by atoms with Crippen molar-refractivity contribution in [3.8, 4) is 17.0 Å². The van der Waals surface area contributed by atoms with Gasteiger partial charge < -0.3 is 10.1 Å². The third-order valence-electron chi connectivity index (χ3n) is 4.46. The van der Waals surface area contributed by atoms with E-state index in [4.69, 9.17) is 16.3 Å². The molecule has 2 atom stereocenters. The Morgan fingerprint density at radius 1 is 1.13 bits per heavy atom. The summed E-state index contributed by atoms with van der Waals surface area (Å²) in [5.41, 5.74) is 2.94. The van der Waals surface area contributed by atoms with Crippen LogP contribution in [0.4, 0.5) is 0 Å². The van der Waals surface area contributed by atoms with Crippen LogP contribution in [-0.2, 0) is 0 Å². The predicted octanol–water partition coefficient (Wildman–Crippen LogP) is 4.15. The summed E-state index contributed by atoms with van der Waals surface area (Å²) in [6.07, 6.45) is 6.53. The highest BCUT2D eigenvalue weighted by molar-refractivity contribution is 6.32. The number of nitrogens with zero attached hydrogens (tertiary/aromatic N) is 2. The normalized spacial score (nSPS) is 23.9. The molecule has 4 rings (SSSR count). The van der Waals surface area contributed by atoms with Gasteiger partial charge >= 0.3 is 0 Å². The van der Waals surface area contributed by atoms with E-state index in [-0.39, 0.29) is 0 Å². The number of benzene rings is 1. The van der Waals surface area contributed by atoms with Crippen molar-refractivity contribution < 1.29 is 4.74 Å². The molecular formula is C18H20ClN3O. The highest BCUT2D eigenvalue weighted by Crippen LogP contribution is 2.35. The summed E-state index contributed by atoms with van der Waals surface area (Å²) in [5, 5.41) is 4.20. The van der Waals surface area contributed by atoms with Crippen molar-refractivity contribution in [2.75, 3.05) is 0 Å². The van der Waals surface area contributed by atoms with Crippen LogP contribution in [0.5, 0.6) is 5.75 Å². The maximum atomic E-state index is 6.36. The number of nitrogens with one attached hydrogen (secondary N) is 1. The van der Waals surface area contributed by atoms with Crippen molar-refractivity contribution in [2.45, 2.75) is 50.8 Å². The quantitative estimate of drug-likeness (QED) is 0.915. The van der Waals surface area contributed by atoms with Crippen molar-refractivity contribution in [1.29, 1.82) is 0 Å². The Kier molecular flexibility index (Phi) is 3.95. The third kappa shape index (κ3) is 3.33. The van der Waals surface area contributed by atoms with Gasteiger partial charge in [-0.2, -0.15) is 0 Å². The van der Waals surface area contributed by atoms with Crippen molar-refractivity contribution in [2.24, 2.45) is 0 Å². The van der Waals surface area contributed by atoms with Gasteiger partial charge in [0.25, 0.3) is 0 Å². The van der Waals surface area contributed by atoms with E-state index in [9.17, 15) is 0 Å². The number of ether oxygens (including phenoxy) is 1. The minimum Gasteiger partial charge on any atom is -0.489 e. The molecule has 1 saturated carbocycles. The largest absolute Gasteiger partial charge is 0.489 e. The summed E-state index contributed by atoms with van der Waals surface area (Å²) in [6.45, 7) is 2.21. The molecule has 1 aliphatic heterocycles. The monoisotopic (exact) mass is 329 g/mol. The molecule has 1 aromatic heterocycles. The summed E-state index contributed by atoms with van der Waals surface area (Å²) >= 11 is 6.36.